The number of rotatable bonds is 5. The van der Waals surface area contributed by atoms with Gasteiger partial charge in [-0.3, -0.25) is 9.00 Å². The van der Waals surface area contributed by atoms with Crippen molar-refractivity contribution in [1.29, 1.82) is 0 Å². The molecular weight excluding hydrogens is 276 g/mol. The first-order chi connectivity index (χ1) is 8.28. The lowest BCUT2D eigenvalue weighted by Crippen LogP contribution is -2.47. The zero-order valence-electron chi connectivity index (χ0n) is 10.4. The van der Waals surface area contributed by atoms with E-state index >= 15 is 0 Å². The minimum Gasteiger partial charge on any atom is -0.352 e. The van der Waals surface area contributed by atoms with Crippen molar-refractivity contribution in [1.82, 2.24) is 5.32 Å². The van der Waals surface area contributed by atoms with Crippen LogP contribution in [0.1, 0.15) is 19.3 Å². The summed E-state index contributed by atoms with van der Waals surface area (Å²) in [6.07, 6.45) is 2.63. The van der Waals surface area contributed by atoms with E-state index in [0.29, 0.717) is 24.3 Å². The molecule has 6 nitrogen and oxygen atoms in total. The lowest BCUT2D eigenvalue weighted by atomic mass is 10.1. The van der Waals surface area contributed by atoms with Crippen LogP contribution in [-0.2, 0) is 25.4 Å². The molecule has 18 heavy (non-hydrogen) atoms. The second kappa shape index (κ2) is 6.63. The van der Waals surface area contributed by atoms with Crippen LogP contribution in [-0.4, -0.2) is 54.1 Å². The highest BCUT2D eigenvalue weighted by Gasteiger charge is 2.22. The van der Waals surface area contributed by atoms with Crippen LogP contribution < -0.4 is 11.1 Å². The van der Waals surface area contributed by atoms with E-state index in [9.17, 15) is 17.4 Å². The average Bonchev–Trinajstić information content (AvgIpc) is 2.28. The van der Waals surface area contributed by atoms with Gasteiger partial charge >= 0.3 is 0 Å². The Morgan fingerprint density at radius 1 is 1.44 bits per heavy atom. The van der Waals surface area contributed by atoms with Crippen molar-refractivity contribution in [3.05, 3.63) is 0 Å². The zero-order valence-corrected chi connectivity index (χ0v) is 12.1. The van der Waals surface area contributed by atoms with Gasteiger partial charge < -0.3 is 11.1 Å². The van der Waals surface area contributed by atoms with Gasteiger partial charge in [-0.2, -0.15) is 0 Å². The molecular formula is C10H20N2O4S2. The third-order valence-electron chi connectivity index (χ3n) is 2.87. The topological polar surface area (TPSA) is 106 Å². The molecule has 8 heteroatoms. The van der Waals surface area contributed by atoms with E-state index in [4.69, 9.17) is 5.73 Å². The molecule has 0 saturated carbocycles. The molecule has 0 aromatic heterocycles. The van der Waals surface area contributed by atoms with Crippen molar-refractivity contribution in [3.63, 3.8) is 0 Å². The predicted octanol–water partition coefficient (Wildman–Crippen LogP) is -1.22. The first kappa shape index (κ1) is 15.6. The van der Waals surface area contributed by atoms with Crippen LogP contribution in [0.3, 0.4) is 0 Å². The van der Waals surface area contributed by atoms with E-state index in [1.165, 1.54) is 0 Å². The van der Waals surface area contributed by atoms with Gasteiger partial charge in [-0.1, -0.05) is 0 Å². The van der Waals surface area contributed by atoms with Gasteiger partial charge in [0.1, 0.15) is 9.84 Å². The number of hydrogen-bond donors (Lipinski definition) is 2. The third kappa shape index (κ3) is 5.92. The first-order valence-corrected chi connectivity index (χ1v) is 9.41. The summed E-state index contributed by atoms with van der Waals surface area (Å²) in [6, 6.07) is -0.786. The smallest absolute Gasteiger partial charge is 0.237 e. The highest BCUT2D eigenvalue weighted by Crippen LogP contribution is 2.09. The van der Waals surface area contributed by atoms with Crippen LogP contribution in [0.15, 0.2) is 0 Å². The van der Waals surface area contributed by atoms with Crippen molar-refractivity contribution in [2.45, 2.75) is 31.3 Å². The lowest BCUT2D eigenvalue weighted by molar-refractivity contribution is -0.123. The van der Waals surface area contributed by atoms with E-state index in [1.807, 2.05) is 0 Å². The van der Waals surface area contributed by atoms with Gasteiger partial charge in [0.2, 0.25) is 5.91 Å². The van der Waals surface area contributed by atoms with Crippen LogP contribution in [0.4, 0.5) is 0 Å². The van der Waals surface area contributed by atoms with Crippen LogP contribution >= 0.6 is 0 Å². The molecule has 0 spiro atoms. The van der Waals surface area contributed by atoms with Gasteiger partial charge in [0, 0.05) is 34.6 Å². The highest BCUT2D eigenvalue weighted by molar-refractivity contribution is 7.90. The maximum atomic E-state index is 11.7. The molecule has 0 bridgehead atoms. The van der Waals surface area contributed by atoms with Gasteiger partial charge in [-0.25, -0.2) is 8.42 Å². The number of hydrogen-bond acceptors (Lipinski definition) is 5. The molecule has 1 atom stereocenters. The molecule has 1 heterocycles. The summed E-state index contributed by atoms with van der Waals surface area (Å²) in [6.45, 7) is 0. The van der Waals surface area contributed by atoms with Crippen LogP contribution in [0, 0.1) is 0 Å². The molecule has 1 aliphatic heterocycles. The predicted molar refractivity (Wildman–Crippen MR) is 71.3 cm³/mol. The monoisotopic (exact) mass is 296 g/mol. The van der Waals surface area contributed by atoms with Gasteiger partial charge in [-0.05, 0) is 19.3 Å². The minimum atomic E-state index is -3.09. The van der Waals surface area contributed by atoms with E-state index in [1.54, 1.807) is 0 Å². The summed E-state index contributed by atoms with van der Waals surface area (Å²) in [7, 11) is -3.86. The highest BCUT2D eigenvalue weighted by atomic mass is 32.2. The van der Waals surface area contributed by atoms with Crippen molar-refractivity contribution in [2.24, 2.45) is 5.73 Å². The average molecular weight is 296 g/mol. The second-order valence-corrected chi connectivity index (χ2v) is 8.61. The molecule has 1 fully saturated rings. The summed E-state index contributed by atoms with van der Waals surface area (Å²) in [5, 5.41) is 2.78. The van der Waals surface area contributed by atoms with E-state index in [0.717, 1.165) is 6.26 Å². The van der Waals surface area contributed by atoms with Crippen LogP contribution in [0.5, 0.6) is 0 Å². The normalized spacial score (nSPS) is 26.6. The van der Waals surface area contributed by atoms with E-state index in [2.05, 4.69) is 5.32 Å². The zero-order chi connectivity index (χ0) is 13.8. The van der Waals surface area contributed by atoms with Crippen molar-refractivity contribution >= 4 is 26.5 Å². The Balaban J connectivity index is 2.33. The Bertz CT molecular complexity index is 412. The Hall–Kier alpha value is -0.470. The van der Waals surface area contributed by atoms with E-state index in [-0.39, 0.29) is 24.1 Å². The summed E-state index contributed by atoms with van der Waals surface area (Å²) in [5.41, 5.74) is 5.63. The Morgan fingerprint density at radius 3 is 2.50 bits per heavy atom. The fourth-order valence-electron chi connectivity index (χ4n) is 1.72. The molecule has 1 saturated heterocycles. The molecule has 0 aromatic carbocycles. The van der Waals surface area contributed by atoms with Crippen LogP contribution in [0.25, 0.3) is 0 Å². The minimum absolute atomic E-state index is 0.0134. The molecule has 0 aromatic rings. The molecule has 0 aliphatic carbocycles. The quantitative estimate of drug-likeness (QED) is 0.661. The molecule has 1 unspecified atom stereocenters. The molecule has 0 radical (unpaired) electrons. The number of nitrogens with one attached hydrogen (secondary N) is 1. The first-order valence-electron chi connectivity index (χ1n) is 5.86. The SMILES string of the molecule is CS(=O)(=O)CCC(N)C(=O)NC1CCS(=O)CC1. The summed E-state index contributed by atoms with van der Waals surface area (Å²) in [4.78, 5) is 11.7. The Labute approximate surface area is 110 Å². The van der Waals surface area contributed by atoms with Gasteiger partial charge in [0.25, 0.3) is 0 Å². The summed E-state index contributed by atoms with van der Waals surface area (Å²) in [5.74, 6) is 0.792. The number of nitrogens with two attached hydrogens (primary N) is 1. The van der Waals surface area contributed by atoms with Crippen molar-refractivity contribution < 1.29 is 17.4 Å². The van der Waals surface area contributed by atoms with Gasteiger partial charge in [-0.15, -0.1) is 0 Å². The van der Waals surface area contributed by atoms with Gasteiger partial charge in [0.05, 0.1) is 11.8 Å². The maximum Gasteiger partial charge on any atom is 0.237 e. The fraction of sp³-hybridized carbons (Fsp3) is 0.900. The number of amides is 1. The van der Waals surface area contributed by atoms with Crippen molar-refractivity contribution in [2.75, 3.05) is 23.5 Å². The number of sulfone groups is 1. The number of carbonyl (C=O) groups excluding carboxylic acids is 1. The lowest BCUT2D eigenvalue weighted by Gasteiger charge is -2.24. The molecule has 1 aliphatic rings. The third-order valence-corrected chi connectivity index (χ3v) is 5.23. The molecule has 106 valence electrons. The summed E-state index contributed by atoms with van der Waals surface area (Å²) < 4.78 is 33.1. The molecule has 3 N–H and O–H groups in total. The summed E-state index contributed by atoms with van der Waals surface area (Å²) >= 11 is 0. The van der Waals surface area contributed by atoms with Crippen LogP contribution in [0.2, 0.25) is 0 Å². The molecule has 1 amide bonds. The number of carbonyl (C=O) groups is 1. The fourth-order valence-corrected chi connectivity index (χ4v) is 3.70. The second-order valence-electron chi connectivity index (χ2n) is 4.66. The van der Waals surface area contributed by atoms with Gasteiger partial charge in [0.15, 0.2) is 0 Å². The largest absolute Gasteiger partial charge is 0.352 e. The maximum absolute atomic E-state index is 11.7. The molecule has 1 rings (SSSR count). The van der Waals surface area contributed by atoms with E-state index < -0.39 is 26.7 Å². The standard InChI is InChI=1S/C10H20N2O4S2/c1-18(15,16)7-4-9(11)10(13)12-8-2-5-17(14)6-3-8/h8-9H,2-7,11H2,1H3,(H,12,13). The Morgan fingerprint density at radius 2 is 2.00 bits per heavy atom. The Kier molecular flexibility index (Phi) is 5.74. The van der Waals surface area contributed by atoms with Crippen molar-refractivity contribution in [3.8, 4) is 0 Å².